The normalized spacial score (nSPS) is 23.2. The monoisotopic (exact) mass is 1060 g/mol. The second-order valence-electron chi connectivity index (χ2n) is 24.3. The largest absolute Gasteiger partial charge is 0.508 e. The van der Waals surface area contributed by atoms with Crippen LogP contribution in [0.5, 0.6) is 11.5 Å². The molecular formula is C67H82F2N6O3. The average Bonchev–Trinajstić information content (AvgIpc) is 3.55. The van der Waals surface area contributed by atoms with Crippen LogP contribution in [0.25, 0.3) is 0 Å². The van der Waals surface area contributed by atoms with Gasteiger partial charge in [-0.25, -0.2) is 8.78 Å². The number of likely N-dealkylation sites (tertiary alicyclic amines) is 2. The maximum absolute atomic E-state index is 14.1. The number of rotatable bonds is 16. The van der Waals surface area contributed by atoms with Gasteiger partial charge in [-0.1, -0.05) is 111 Å². The predicted molar refractivity (Wildman–Crippen MR) is 310 cm³/mol. The van der Waals surface area contributed by atoms with Gasteiger partial charge in [-0.05, 0) is 182 Å². The second-order valence-corrected chi connectivity index (χ2v) is 24.3. The van der Waals surface area contributed by atoms with Gasteiger partial charge in [-0.3, -0.25) is 24.4 Å². The van der Waals surface area contributed by atoms with Crippen molar-refractivity contribution < 1.29 is 23.8 Å². The van der Waals surface area contributed by atoms with Crippen molar-refractivity contribution in [2.45, 2.75) is 127 Å². The van der Waals surface area contributed by atoms with Gasteiger partial charge in [0.25, 0.3) is 0 Å². The number of nitrogens with zero attached hydrogens (tertiary/aromatic N) is 4. The van der Waals surface area contributed by atoms with E-state index in [4.69, 9.17) is 0 Å². The molecule has 4 N–H and O–H groups in total. The molecule has 6 aromatic rings. The maximum atomic E-state index is 14.1. The number of nitrogens with one attached hydrogen (secondary N) is 2. The van der Waals surface area contributed by atoms with Gasteiger partial charge >= 0.3 is 0 Å². The molecular weight excluding hydrogens is 975 g/mol. The summed E-state index contributed by atoms with van der Waals surface area (Å²) in [4.78, 5) is 24.0. The molecule has 11 heteroatoms. The van der Waals surface area contributed by atoms with Crippen molar-refractivity contribution in [1.82, 2.24) is 30.2 Å². The van der Waals surface area contributed by atoms with E-state index >= 15 is 0 Å². The fraction of sp³-hybridized carbons (Fsp3) is 0.448. The lowest BCUT2D eigenvalue weighted by atomic mass is 9.71. The molecule has 10 rings (SSSR count). The topological polar surface area (TPSA) is 94.5 Å². The molecule has 0 aliphatic carbocycles. The fourth-order valence-electron chi connectivity index (χ4n) is 13.5. The zero-order valence-electron chi connectivity index (χ0n) is 46.8. The van der Waals surface area contributed by atoms with Crippen LogP contribution in [-0.4, -0.2) is 125 Å². The van der Waals surface area contributed by atoms with Crippen LogP contribution < -0.4 is 10.6 Å². The molecule has 4 fully saturated rings. The van der Waals surface area contributed by atoms with E-state index in [2.05, 4.69) is 132 Å². The van der Waals surface area contributed by atoms with Crippen molar-refractivity contribution in [3.05, 3.63) is 201 Å². The van der Waals surface area contributed by atoms with Crippen LogP contribution in [0.2, 0.25) is 0 Å². The maximum Gasteiger partial charge on any atom is 0.160 e. The SMILES string of the molecule is C[C@@H]1CN([C@H](c2ccc(Cc3cccc(F)c3)c(O)c2)c2ccccc2C2(C)CCN(CC(=O)CN3CCC(C)(c4ccccc4[C@@H](c4ccc(Cc5cccc(F)c5)c(O)c4)N4C[C@@H](C)NC[C@@H]4C)CC3)CC2)[C@@H](C)CN1. The Morgan fingerprint density at radius 1 is 0.551 bits per heavy atom. The van der Waals surface area contributed by atoms with Gasteiger partial charge in [-0.2, -0.15) is 0 Å². The minimum absolute atomic E-state index is 0.0838. The number of hydrogen-bond acceptors (Lipinski definition) is 9. The van der Waals surface area contributed by atoms with Gasteiger partial charge in [-0.15, -0.1) is 0 Å². The summed E-state index contributed by atoms with van der Waals surface area (Å²) in [5.74, 6) is 0.166. The van der Waals surface area contributed by atoms with E-state index in [1.807, 2.05) is 36.4 Å². The molecule has 0 saturated carbocycles. The Bertz CT molecular complexity index is 2840. The Morgan fingerprint density at radius 3 is 1.33 bits per heavy atom. The summed E-state index contributed by atoms with van der Waals surface area (Å²) in [5, 5.41) is 30.5. The fourth-order valence-corrected chi connectivity index (χ4v) is 13.5. The van der Waals surface area contributed by atoms with Crippen LogP contribution in [0.1, 0.15) is 135 Å². The number of piperazine rings is 2. The first-order valence-corrected chi connectivity index (χ1v) is 28.8. The first-order chi connectivity index (χ1) is 37.5. The van der Waals surface area contributed by atoms with E-state index in [1.54, 1.807) is 12.1 Å². The molecule has 4 heterocycles. The molecule has 412 valence electrons. The van der Waals surface area contributed by atoms with E-state index in [0.29, 0.717) is 38.0 Å². The van der Waals surface area contributed by atoms with Crippen molar-refractivity contribution in [2.75, 3.05) is 65.4 Å². The molecule has 6 aromatic carbocycles. The summed E-state index contributed by atoms with van der Waals surface area (Å²) >= 11 is 0. The Kier molecular flexibility index (Phi) is 17.0. The van der Waals surface area contributed by atoms with Crippen molar-refractivity contribution in [3.8, 4) is 11.5 Å². The van der Waals surface area contributed by atoms with E-state index in [1.165, 1.54) is 46.5 Å². The van der Waals surface area contributed by atoms with Crippen LogP contribution in [0.4, 0.5) is 8.78 Å². The van der Waals surface area contributed by atoms with Gasteiger partial charge in [0.05, 0.1) is 25.2 Å². The van der Waals surface area contributed by atoms with Crippen LogP contribution in [0.15, 0.2) is 133 Å². The quantitative estimate of drug-likeness (QED) is 0.0756. The van der Waals surface area contributed by atoms with Crippen molar-refractivity contribution in [1.29, 1.82) is 0 Å². The van der Waals surface area contributed by atoms with Crippen molar-refractivity contribution in [2.24, 2.45) is 0 Å². The van der Waals surface area contributed by atoms with E-state index < -0.39 is 0 Å². The molecule has 78 heavy (non-hydrogen) atoms. The second kappa shape index (κ2) is 23.9. The zero-order valence-corrected chi connectivity index (χ0v) is 46.8. The number of halogens is 2. The molecule has 4 aliphatic heterocycles. The minimum Gasteiger partial charge on any atom is -0.508 e. The molecule has 0 bridgehead atoms. The van der Waals surface area contributed by atoms with Gasteiger partial charge in [0.15, 0.2) is 5.78 Å². The minimum atomic E-state index is -0.279. The van der Waals surface area contributed by atoms with Crippen molar-refractivity contribution in [3.63, 3.8) is 0 Å². The Hall–Kier alpha value is -5.79. The summed E-state index contributed by atoms with van der Waals surface area (Å²) in [6.45, 7) is 21.6. The van der Waals surface area contributed by atoms with Gasteiger partial charge < -0.3 is 20.8 Å². The number of carbonyl (C=O) groups is 1. The molecule has 4 saturated heterocycles. The molecule has 0 aromatic heterocycles. The summed E-state index contributed by atoms with van der Waals surface area (Å²) in [5.41, 5.74) is 10.2. The van der Waals surface area contributed by atoms with Crippen LogP contribution in [0, 0.1) is 11.6 Å². The number of phenolic OH excluding ortho intramolecular Hbond substituents is 2. The van der Waals surface area contributed by atoms with Gasteiger partial charge in [0.1, 0.15) is 23.1 Å². The molecule has 0 unspecified atom stereocenters. The highest BCUT2D eigenvalue weighted by Gasteiger charge is 2.41. The number of phenols is 2. The standard InChI is InChI=1S/C67H82F2N6O3/c1-45-41-74(47(3)39-70-45)64(53-23-21-51(62(77)37-53)33-49-13-11-15-55(68)35-49)58-17-7-9-19-60(58)66(5)25-29-72(30-26-66)43-57(76)44-73-31-27-67(6,28-32-73)61-20-10-8-18-59(61)65(75-42-46(2)71-40-48(75)4)54-24-22-52(63(78)38-54)34-50-14-12-16-56(69)36-50/h7-24,35-38,45-48,64-65,70-71,77-78H,25-34,39-44H2,1-6H3/t45-,46-,47+,48+,64-,65-/m1/s1. The predicted octanol–water partition coefficient (Wildman–Crippen LogP) is 11.1. The molecule has 0 radical (unpaired) electrons. The molecule has 0 amide bonds. The lowest BCUT2D eigenvalue weighted by Crippen LogP contribution is -2.55. The van der Waals surface area contributed by atoms with E-state index in [9.17, 15) is 23.8 Å². The third-order valence-electron chi connectivity index (χ3n) is 18.2. The molecule has 6 atom stereocenters. The first kappa shape index (κ1) is 55.5. The summed E-state index contributed by atoms with van der Waals surface area (Å²) in [7, 11) is 0. The van der Waals surface area contributed by atoms with Crippen LogP contribution in [0.3, 0.4) is 0 Å². The van der Waals surface area contributed by atoms with E-state index in [-0.39, 0.29) is 63.9 Å². The number of ketones is 1. The van der Waals surface area contributed by atoms with E-state index in [0.717, 1.165) is 111 Å². The van der Waals surface area contributed by atoms with Gasteiger partial charge in [0, 0.05) is 63.2 Å². The lowest BCUT2D eigenvalue weighted by molar-refractivity contribution is -0.122. The van der Waals surface area contributed by atoms with Gasteiger partial charge in [0.2, 0.25) is 0 Å². The highest BCUT2D eigenvalue weighted by molar-refractivity contribution is 5.82. The number of hydrogen-bond donors (Lipinski definition) is 4. The third-order valence-corrected chi connectivity index (χ3v) is 18.2. The molecule has 4 aliphatic rings. The Labute approximate surface area is 462 Å². The number of aromatic hydroxyl groups is 2. The number of benzene rings is 6. The van der Waals surface area contributed by atoms with Crippen LogP contribution in [-0.2, 0) is 28.5 Å². The summed E-state index contributed by atoms with van der Waals surface area (Å²) < 4.78 is 28.2. The number of Topliss-reactive ketones (excluding diaryl/α,β-unsaturated/α-hetero) is 1. The smallest absolute Gasteiger partial charge is 0.160 e. The number of piperidine rings is 2. The summed E-state index contributed by atoms with van der Waals surface area (Å²) in [6, 6.07) is 44.2. The average molecular weight is 1060 g/mol. The van der Waals surface area contributed by atoms with Crippen LogP contribution >= 0.6 is 0 Å². The molecule has 0 spiro atoms. The highest BCUT2D eigenvalue weighted by Crippen LogP contribution is 2.46. The third kappa shape index (κ3) is 12.5. The lowest BCUT2D eigenvalue weighted by Gasteiger charge is -2.46. The zero-order chi connectivity index (χ0) is 54.7. The Morgan fingerprint density at radius 2 is 0.949 bits per heavy atom. The van der Waals surface area contributed by atoms with Crippen molar-refractivity contribution >= 4 is 5.78 Å². The number of carbonyl (C=O) groups excluding carboxylic acids is 1. The first-order valence-electron chi connectivity index (χ1n) is 28.8. The Balaban J connectivity index is 0.804. The highest BCUT2D eigenvalue weighted by atomic mass is 19.1. The summed E-state index contributed by atoms with van der Waals surface area (Å²) in [6.07, 6.45) is 4.62. The molecule has 9 nitrogen and oxygen atoms in total.